The fourth-order valence-corrected chi connectivity index (χ4v) is 4.80. The molecule has 0 spiro atoms. The maximum atomic E-state index is 11.1. The molecular formula is C20H26N4O4S. The van der Waals surface area contributed by atoms with Gasteiger partial charge in [0.05, 0.1) is 25.3 Å². The largest absolute Gasteiger partial charge is 0.493 e. The lowest BCUT2D eigenvalue weighted by Crippen LogP contribution is -2.36. The Morgan fingerprint density at radius 3 is 2.52 bits per heavy atom. The number of benzene rings is 1. The van der Waals surface area contributed by atoms with Crippen LogP contribution in [0.5, 0.6) is 11.5 Å². The van der Waals surface area contributed by atoms with E-state index < -0.39 is 10.2 Å². The molecule has 0 unspecified atom stereocenters. The van der Waals surface area contributed by atoms with Crippen molar-refractivity contribution in [1.29, 1.82) is 0 Å². The Balaban J connectivity index is 1.64. The van der Waals surface area contributed by atoms with Gasteiger partial charge in [-0.1, -0.05) is 0 Å². The van der Waals surface area contributed by atoms with Gasteiger partial charge in [-0.15, -0.1) is 0 Å². The van der Waals surface area contributed by atoms with Gasteiger partial charge < -0.3 is 14.0 Å². The smallest absolute Gasteiger partial charge is 0.274 e. The van der Waals surface area contributed by atoms with Gasteiger partial charge in [-0.25, -0.2) is 9.86 Å². The van der Waals surface area contributed by atoms with Crippen LogP contribution in [-0.4, -0.2) is 38.7 Å². The van der Waals surface area contributed by atoms with Crippen LogP contribution >= 0.6 is 0 Å². The zero-order chi connectivity index (χ0) is 20.6. The molecule has 0 amide bonds. The van der Waals surface area contributed by atoms with E-state index in [9.17, 15) is 8.42 Å². The van der Waals surface area contributed by atoms with Crippen LogP contribution in [0, 0.1) is 5.92 Å². The van der Waals surface area contributed by atoms with Gasteiger partial charge in [-0.05, 0) is 43.7 Å². The fraction of sp³-hybridized carbons (Fsp3) is 0.450. The van der Waals surface area contributed by atoms with E-state index in [2.05, 4.69) is 26.5 Å². The number of nitrogens with two attached hydrogens (primary N) is 1. The monoisotopic (exact) mass is 418 g/mol. The van der Waals surface area contributed by atoms with Crippen molar-refractivity contribution in [2.75, 3.05) is 20.8 Å². The Labute approximate surface area is 170 Å². The second-order valence-corrected chi connectivity index (χ2v) is 8.96. The maximum absolute atomic E-state index is 11.1. The average Bonchev–Trinajstić information content (AvgIpc) is 3.15. The Morgan fingerprint density at radius 2 is 1.86 bits per heavy atom. The van der Waals surface area contributed by atoms with Crippen LogP contribution in [0.4, 0.5) is 0 Å². The van der Waals surface area contributed by atoms with Crippen molar-refractivity contribution in [3.63, 3.8) is 0 Å². The van der Waals surface area contributed by atoms with Gasteiger partial charge in [0, 0.05) is 41.8 Å². The number of pyridine rings is 1. The Kier molecular flexibility index (Phi) is 5.37. The van der Waals surface area contributed by atoms with Crippen LogP contribution in [0.25, 0.3) is 21.8 Å². The quantitative estimate of drug-likeness (QED) is 0.640. The van der Waals surface area contributed by atoms with Gasteiger partial charge in [0.1, 0.15) is 0 Å². The van der Waals surface area contributed by atoms with E-state index >= 15 is 0 Å². The van der Waals surface area contributed by atoms with Crippen molar-refractivity contribution >= 4 is 32.0 Å². The molecule has 0 bridgehead atoms. The van der Waals surface area contributed by atoms with E-state index in [0.29, 0.717) is 30.0 Å². The molecule has 0 atom stereocenters. The third kappa shape index (κ3) is 4.03. The van der Waals surface area contributed by atoms with E-state index in [-0.39, 0.29) is 0 Å². The molecule has 1 aromatic carbocycles. The minimum atomic E-state index is -3.63. The van der Waals surface area contributed by atoms with Crippen LogP contribution in [0.3, 0.4) is 0 Å². The van der Waals surface area contributed by atoms with Crippen molar-refractivity contribution in [3.8, 4) is 11.5 Å². The zero-order valence-corrected chi connectivity index (χ0v) is 17.4. The average molecular weight is 419 g/mol. The molecule has 4 rings (SSSR count). The molecule has 156 valence electrons. The number of nitrogens with one attached hydrogen (secondary N) is 1. The second kappa shape index (κ2) is 7.81. The van der Waals surface area contributed by atoms with Crippen LogP contribution < -0.4 is 19.3 Å². The number of ether oxygens (including phenoxy) is 2. The number of methoxy groups -OCH3 is 2. The van der Waals surface area contributed by atoms with Crippen molar-refractivity contribution < 1.29 is 17.9 Å². The summed E-state index contributed by atoms with van der Waals surface area (Å²) in [5.74, 6) is 1.65. The van der Waals surface area contributed by atoms with Gasteiger partial charge in [0.25, 0.3) is 10.2 Å². The van der Waals surface area contributed by atoms with Gasteiger partial charge in [-0.2, -0.15) is 8.42 Å². The lowest BCUT2D eigenvalue weighted by molar-refractivity contribution is 0.279. The first kappa shape index (κ1) is 19.9. The highest BCUT2D eigenvalue weighted by atomic mass is 32.2. The summed E-state index contributed by atoms with van der Waals surface area (Å²) in [5.41, 5.74) is 2.00. The Morgan fingerprint density at radius 1 is 1.17 bits per heavy atom. The molecule has 2 aromatic heterocycles. The van der Waals surface area contributed by atoms with Crippen LogP contribution in [-0.2, 0) is 10.2 Å². The first-order valence-electron chi connectivity index (χ1n) is 9.68. The SMILES string of the molecule is COc1cc2ncc3ccn(C4CCC(CNS(N)(=O)=O)CC4)c3c2cc1OC. The number of fused-ring (bicyclic) bond motifs is 3. The highest BCUT2D eigenvalue weighted by Crippen LogP contribution is 2.39. The number of nitrogens with zero attached hydrogens (tertiary/aromatic N) is 2. The number of aromatic nitrogens is 2. The molecule has 0 saturated heterocycles. The van der Waals surface area contributed by atoms with Gasteiger partial charge in [0.2, 0.25) is 0 Å². The molecule has 2 heterocycles. The summed E-state index contributed by atoms with van der Waals surface area (Å²) in [5, 5.41) is 7.16. The maximum Gasteiger partial charge on any atom is 0.274 e. The lowest BCUT2D eigenvalue weighted by Gasteiger charge is -2.30. The first-order valence-corrected chi connectivity index (χ1v) is 11.2. The van der Waals surface area contributed by atoms with Crippen LogP contribution in [0.15, 0.2) is 30.6 Å². The van der Waals surface area contributed by atoms with E-state index in [1.165, 1.54) is 0 Å². The van der Waals surface area contributed by atoms with Crippen molar-refractivity contribution in [3.05, 3.63) is 30.6 Å². The van der Waals surface area contributed by atoms with E-state index in [1.807, 2.05) is 18.3 Å². The minimum absolute atomic E-state index is 0.314. The fourth-order valence-electron chi connectivity index (χ4n) is 4.33. The molecule has 1 saturated carbocycles. The summed E-state index contributed by atoms with van der Waals surface area (Å²) < 4.78 is 37.9. The lowest BCUT2D eigenvalue weighted by atomic mass is 9.86. The van der Waals surface area contributed by atoms with E-state index in [0.717, 1.165) is 47.5 Å². The predicted molar refractivity (Wildman–Crippen MR) is 112 cm³/mol. The normalized spacial score (nSPS) is 20.2. The van der Waals surface area contributed by atoms with E-state index in [1.54, 1.807) is 14.2 Å². The van der Waals surface area contributed by atoms with Crippen molar-refractivity contribution in [1.82, 2.24) is 14.3 Å². The molecule has 0 aliphatic heterocycles. The molecule has 1 fully saturated rings. The zero-order valence-electron chi connectivity index (χ0n) is 16.6. The van der Waals surface area contributed by atoms with Crippen molar-refractivity contribution in [2.24, 2.45) is 11.1 Å². The Bertz CT molecular complexity index is 1130. The summed E-state index contributed by atoms with van der Waals surface area (Å²) in [7, 11) is -0.379. The molecule has 3 N–H and O–H groups in total. The molecule has 0 radical (unpaired) electrons. The highest BCUT2D eigenvalue weighted by Gasteiger charge is 2.24. The molecule has 29 heavy (non-hydrogen) atoms. The second-order valence-electron chi connectivity index (χ2n) is 7.58. The van der Waals surface area contributed by atoms with Gasteiger partial charge in [0.15, 0.2) is 11.5 Å². The summed E-state index contributed by atoms with van der Waals surface area (Å²) in [6.45, 7) is 0.405. The number of hydrogen-bond acceptors (Lipinski definition) is 5. The number of rotatable bonds is 6. The molecule has 8 nitrogen and oxygen atoms in total. The van der Waals surface area contributed by atoms with Crippen LogP contribution in [0.2, 0.25) is 0 Å². The molecule has 9 heteroatoms. The first-order chi connectivity index (χ1) is 13.9. The topological polar surface area (TPSA) is 108 Å². The Hall–Kier alpha value is -2.36. The van der Waals surface area contributed by atoms with Gasteiger partial charge in [-0.3, -0.25) is 4.98 Å². The van der Waals surface area contributed by atoms with Gasteiger partial charge >= 0.3 is 0 Å². The molecule has 3 aromatic rings. The summed E-state index contributed by atoms with van der Waals surface area (Å²) in [4.78, 5) is 4.59. The third-order valence-corrected chi connectivity index (χ3v) is 6.40. The molecule has 1 aliphatic rings. The summed E-state index contributed by atoms with van der Waals surface area (Å²) in [6.07, 6.45) is 7.88. The predicted octanol–water partition coefficient (Wildman–Crippen LogP) is 2.73. The van der Waals surface area contributed by atoms with Crippen LogP contribution in [0.1, 0.15) is 31.7 Å². The summed E-state index contributed by atoms with van der Waals surface area (Å²) in [6, 6.07) is 6.34. The number of hydrogen-bond donors (Lipinski definition) is 2. The van der Waals surface area contributed by atoms with Crippen molar-refractivity contribution in [2.45, 2.75) is 31.7 Å². The van der Waals surface area contributed by atoms with E-state index in [4.69, 9.17) is 14.6 Å². The third-order valence-electron chi connectivity index (χ3n) is 5.83. The molecule has 1 aliphatic carbocycles. The highest BCUT2D eigenvalue weighted by molar-refractivity contribution is 7.87. The molecular weight excluding hydrogens is 392 g/mol. The summed E-state index contributed by atoms with van der Waals surface area (Å²) >= 11 is 0. The standard InChI is InChI=1S/C20H26N4O4S/c1-27-18-9-16-17(10-19(18)28-2)22-12-14-7-8-24(20(14)16)15-5-3-13(4-6-15)11-23-29(21,25)26/h7-10,12-13,15,23H,3-6,11H2,1-2H3,(H2,21,25,26). The minimum Gasteiger partial charge on any atom is -0.493 e.